The zero-order valence-electron chi connectivity index (χ0n) is 44.2. The lowest BCUT2D eigenvalue weighted by atomic mass is 10.1. The van der Waals surface area contributed by atoms with Crippen molar-refractivity contribution in [3.8, 4) is 0 Å². The summed E-state index contributed by atoms with van der Waals surface area (Å²) in [7, 11) is 7.27. The van der Waals surface area contributed by atoms with Gasteiger partial charge in [0.1, 0.15) is 6.04 Å². The lowest BCUT2D eigenvalue weighted by Gasteiger charge is -2.18. The van der Waals surface area contributed by atoms with Crippen molar-refractivity contribution in [2.24, 2.45) is 0 Å². The Kier molecular flexibility index (Phi) is 50.4. The highest BCUT2D eigenvalue weighted by atomic mass is 33.1. The Morgan fingerprint density at radius 1 is 0.412 bits per heavy atom. The average Bonchev–Trinajstić information content (AvgIpc) is 3.32. The molecule has 5 N–H and O–H groups in total. The van der Waals surface area contributed by atoms with E-state index in [0.29, 0.717) is 38.4 Å². The van der Waals surface area contributed by atoms with E-state index in [1.54, 1.807) is 21.6 Å². The highest BCUT2D eigenvalue weighted by Crippen LogP contribution is 2.19. The summed E-state index contributed by atoms with van der Waals surface area (Å²) in [6.07, 6.45) is 45.5. The van der Waals surface area contributed by atoms with Crippen LogP contribution in [-0.4, -0.2) is 98.8 Å². The second-order valence-corrected chi connectivity index (χ2v) is 21.6. The van der Waals surface area contributed by atoms with Crippen LogP contribution in [0.15, 0.2) is 24.3 Å². The maximum atomic E-state index is 13.3. The van der Waals surface area contributed by atoms with Crippen molar-refractivity contribution in [1.82, 2.24) is 31.5 Å². The fourth-order valence-corrected chi connectivity index (χ4v) is 9.56. The zero-order valence-corrected chi connectivity index (χ0v) is 45.8. The average molecular weight is 994 g/mol. The second kappa shape index (κ2) is 52.3. The van der Waals surface area contributed by atoms with Crippen LogP contribution in [0.1, 0.15) is 232 Å². The van der Waals surface area contributed by atoms with Gasteiger partial charge < -0.3 is 31.5 Å². The van der Waals surface area contributed by atoms with E-state index in [1.807, 2.05) is 14.1 Å². The Balaban J connectivity index is 4.50. The third-order valence-electron chi connectivity index (χ3n) is 12.0. The van der Waals surface area contributed by atoms with Crippen LogP contribution < -0.4 is 26.6 Å². The molecule has 0 aromatic rings. The molecule has 0 aromatic carbocycles. The van der Waals surface area contributed by atoms with Crippen LogP contribution in [0.2, 0.25) is 0 Å². The van der Waals surface area contributed by atoms with Crippen LogP contribution in [0.3, 0.4) is 0 Å². The van der Waals surface area contributed by atoms with Gasteiger partial charge in [0.25, 0.3) is 0 Å². The third-order valence-corrected chi connectivity index (χ3v) is 14.4. The Morgan fingerprint density at radius 3 is 1.24 bits per heavy atom. The van der Waals surface area contributed by atoms with E-state index < -0.39 is 6.04 Å². The molecule has 0 heterocycles. The summed E-state index contributed by atoms with van der Waals surface area (Å²) >= 11 is 0. The Hall–Kier alpha value is -2.51. The molecule has 5 amide bonds. The van der Waals surface area contributed by atoms with Gasteiger partial charge in [0.15, 0.2) is 0 Å². The summed E-state index contributed by atoms with van der Waals surface area (Å²) in [5.74, 6) is 0.564. The van der Waals surface area contributed by atoms with Gasteiger partial charge in [0.2, 0.25) is 29.5 Å². The predicted molar refractivity (Wildman–Crippen MR) is 294 cm³/mol. The van der Waals surface area contributed by atoms with Gasteiger partial charge in [-0.3, -0.25) is 24.0 Å². The molecule has 0 rings (SSSR count). The standard InChI is InChI=1S/C55H104N6O5S2/c1-5-7-9-11-13-15-17-19-21-23-25-27-29-31-33-35-43-56-52(63)40-39-50(55(66)59-44-36-34-32-30-28-26-24-22-20-18-16-14-12-10-8-6-2)60-54(65)42-41-53(64)58-46-49-68-67-48-45-57-51(62)38-37-47-61(3)4/h19-22,50H,5-18,23-49H2,1-4H3,(H,56,63)(H,57,62)(H,58,64)(H,59,66)(H,60,65)/b21-19-,22-20-. The number of allylic oxidation sites excluding steroid dienone is 4. The molecule has 0 fully saturated rings. The quantitative estimate of drug-likeness (QED) is 0.0230. The first kappa shape index (κ1) is 65.5. The van der Waals surface area contributed by atoms with Crippen LogP contribution in [0.4, 0.5) is 0 Å². The molecule has 0 saturated heterocycles. The molecular weight excluding hydrogens is 889 g/mol. The van der Waals surface area contributed by atoms with Crippen molar-refractivity contribution >= 4 is 51.1 Å². The summed E-state index contributed by atoms with van der Waals surface area (Å²) in [5, 5.41) is 14.6. The molecule has 0 spiro atoms. The number of rotatable bonds is 51. The van der Waals surface area contributed by atoms with Crippen LogP contribution in [0.25, 0.3) is 0 Å². The Bertz CT molecular complexity index is 1270. The van der Waals surface area contributed by atoms with Gasteiger partial charge in [0.05, 0.1) is 0 Å². The van der Waals surface area contributed by atoms with Gasteiger partial charge in [-0.2, -0.15) is 0 Å². The lowest BCUT2D eigenvalue weighted by molar-refractivity contribution is -0.130. The highest BCUT2D eigenvalue weighted by molar-refractivity contribution is 8.76. The smallest absolute Gasteiger partial charge is 0.242 e. The number of hydrogen-bond donors (Lipinski definition) is 5. The number of amides is 5. The minimum Gasteiger partial charge on any atom is -0.356 e. The summed E-state index contributed by atoms with van der Waals surface area (Å²) in [6.45, 7) is 7.64. The van der Waals surface area contributed by atoms with E-state index in [4.69, 9.17) is 0 Å². The van der Waals surface area contributed by atoms with Crippen LogP contribution in [0.5, 0.6) is 0 Å². The summed E-state index contributed by atoms with van der Waals surface area (Å²) in [4.78, 5) is 65.6. The minimum atomic E-state index is -0.841. The van der Waals surface area contributed by atoms with E-state index >= 15 is 0 Å². The number of nitrogens with zero attached hydrogens (tertiary/aromatic N) is 1. The Morgan fingerprint density at radius 2 is 0.779 bits per heavy atom. The van der Waals surface area contributed by atoms with Crippen LogP contribution >= 0.6 is 21.6 Å². The van der Waals surface area contributed by atoms with Crippen molar-refractivity contribution in [3.05, 3.63) is 24.3 Å². The highest BCUT2D eigenvalue weighted by Gasteiger charge is 2.22. The van der Waals surface area contributed by atoms with E-state index in [-0.39, 0.29) is 55.2 Å². The maximum Gasteiger partial charge on any atom is 0.242 e. The van der Waals surface area contributed by atoms with Gasteiger partial charge in [-0.1, -0.05) is 175 Å². The lowest BCUT2D eigenvalue weighted by Crippen LogP contribution is -2.47. The molecule has 396 valence electrons. The summed E-state index contributed by atoms with van der Waals surface area (Å²) < 4.78 is 0. The molecule has 0 saturated carbocycles. The van der Waals surface area contributed by atoms with E-state index in [2.05, 4.69) is 69.6 Å². The van der Waals surface area contributed by atoms with E-state index in [0.717, 1.165) is 57.2 Å². The van der Waals surface area contributed by atoms with E-state index in [1.165, 1.54) is 141 Å². The predicted octanol–water partition coefficient (Wildman–Crippen LogP) is 12.3. The molecule has 68 heavy (non-hydrogen) atoms. The normalized spacial score (nSPS) is 12.0. The molecule has 13 heteroatoms. The number of hydrogen-bond acceptors (Lipinski definition) is 8. The zero-order chi connectivity index (χ0) is 49.8. The first-order valence-electron chi connectivity index (χ1n) is 27.8. The maximum absolute atomic E-state index is 13.3. The first-order valence-corrected chi connectivity index (χ1v) is 30.2. The number of carbonyl (C=O) groups is 5. The van der Waals surface area contributed by atoms with Gasteiger partial charge in [-0.05, 0) is 97.7 Å². The minimum absolute atomic E-state index is 0.0180. The Labute approximate surface area is 425 Å². The summed E-state index contributed by atoms with van der Waals surface area (Å²) in [6, 6.07) is -0.841. The fourth-order valence-electron chi connectivity index (χ4n) is 7.75. The largest absolute Gasteiger partial charge is 0.356 e. The molecule has 0 aromatic heterocycles. The third kappa shape index (κ3) is 49.9. The van der Waals surface area contributed by atoms with E-state index in [9.17, 15) is 24.0 Å². The van der Waals surface area contributed by atoms with Crippen molar-refractivity contribution in [2.45, 2.75) is 238 Å². The van der Waals surface area contributed by atoms with Gasteiger partial charge >= 0.3 is 0 Å². The van der Waals surface area contributed by atoms with Crippen molar-refractivity contribution in [1.29, 1.82) is 0 Å². The number of nitrogens with one attached hydrogen (secondary N) is 5. The van der Waals surface area contributed by atoms with Crippen molar-refractivity contribution < 1.29 is 24.0 Å². The monoisotopic (exact) mass is 993 g/mol. The topological polar surface area (TPSA) is 149 Å². The van der Waals surface area contributed by atoms with Gasteiger partial charge in [-0.15, -0.1) is 0 Å². The molecule has 0 bridgehead atoms. The molecule has 0 aliphatic carbocycles. The van der Waals surface area contributed by atoms with Crippen LogP contribution in [0, 0.1) is 0 Å². The summed E-state index contributed by atoms with van der Waals surface area (Å²) in [5.41, 5.74) is 0. The van der Waals surface area contributed by atoms with Crippen molar-refractivity contribution in [2.75, 3.05) is 58.3 Å². The molecule has 1 unspecified atom stereocenters. The molecular formula is C55H104N6O5S2. The van der Waals surface area contributed by atoms with Gasteiger partial charge in [0, 0.05) is 63.4 Å². The van der Waals surface area contributed by atoms with Gasteiger partial charge in [-0.25, -0.2) is 0 Å². The van der Waals surface area contributed by atoms with Crippen LogP contribution in [-0.2, 0) is 24.0 Å². The second-order valence-electron chi connectivity index (χ2n) is 18.9. The number of unbranched alkanes of at least 4 members (excludes halogenated alkanes) is 24. The molecule has 0 aliphatic heterocycles. The molecule has 0 aliphatic rings. The first-order chi connectivity index (χ1) is 33.2. The van der Waals surface area contributed by atoms with Crippen molar-refractivity contribution in [3.63, 3.8) is 0 Å². The molecule has 0 radical (unpaired) electrons. The fraction of sp³-hybridized carbons (Fsp3) is 0.836. The number of carbonyl (C=O) groups excluding carboxylic acids is 5. The molecule has 11 nitrogen and oxygen atoms in total. The SMILES string of the molecule is CCCCCCCC/C=C\CCCCCCCCNC(=O)CCC(NC(=O)CCC(=O)NCCSSCCNC(=O)CCCN(C)C)C(=O)NCCCCCCCC/C=C\CCCCCCCC. The molecule has 1 atom stereocenters.